The molecule has 112 valence electrons. The number of unbranched alkanes of at least 4 members (excludes halogenated alkanes) is 1. The van der Waals surface area contributed by atoms with Gasteiger partial charge < -0.3 is 15.3 Å². The molecule has 0 heterocycles. The molecule has 0 aliphatic rings. The number of anilines is 1. The summed E-state index contributed by atoms with van der Waals surface area (Å²) in [5, 5.41) is 11.9. The average Bonchev–Trinajstić information content (AvgIpc) is 2.44. The maximum atomic E-state index is 12.3. The third kappa shape index (κ3) is 4.85. The molecule has 20 heavy (non-hydrogen) atoms. The van der Waals surface area contributed by atoms with Crippen molar-refractivity contribution in [3.05, 3.63) is 29.3 Å². The highest BCUT2D eigenvalue weighted by atomic mass is 16.3. The number of amides is 2. The predicted octanol–water partition coefficient (Wildman–Crippen LogP) is 3.32. The smallest absolute Gasteiger partial charge is 0.321 e. The van der Waals surface area contributed by atoms with Crippen molar-refractivity contribution in [1.82, 2.24) is 4.90 Å². The Morgan fingerprint density at radius 3 is 2.60 bits per heavy atom. The van der Waals surface area contributed by atoms with Crippen LogP contribution < -0.4 is 5.32 Å². The topological polar surface area (TPSA) is 52.6 Å². The van der Waals surface area contributed by atoms with Crippen LogP contribution in [0.4, 0.5) is 10.5 Å². The summed E-state index contributed by atoms with van der Waals surface area (Å²) in [4.78, 5) is 14.1. The normalized spacial score (nSPS) is 10.4. The first-order chi connectivity index (χ1) is 9.60. The van der Waals surface area contributed by atoms with Gasteiger partial charge in [-0.25, -0.2) is 4.79 Å². The molecule has 2 N–H and O–H groups in total. The molecular weight excluding hydrogens is 252 g/mol. The van der Waals surface area contributed by atoms with E-state index in [9.17, 15) is 4.79 Å². The van der Waals surface area contributed by atoms with E-state index in [4.69, 9.17) is 5.11 Å². The third-order valence-electron chi connectivity index (χ3n) is 3.50. The summed E-state index contributed by atoms with van der Waals surface area (Å²) >= 11 is 0. The Bertz CT molecular complexity index is 424. The van der Waals surface area contributed by atoms with Gasteiger partial charge in [0.25, 0.3) is 0 Å². The maximum Gasteiger partial charge on any atom is 0.321 e. The Hall–Kier alpha value is -1.55. The van der Waals surface area contributed by atoms with Gasteiger partial charge in [-0.05, 0) is 43.9 Å². The molecule has 4 heteroatoms. The van der Waals surface area contributed by atoms with Gasteiger partial charge in [0, 0.05) is 25.4 Å². The van der Waals surface area contributed by atoms with E-state index in [0.717, 1.165) is 30.6 Å². The molecule has 0 radical (unpaired) electrons. The molecule has 0 spiro atoms. The fourth-order valence-electron chi connectivity index (χ4n) is 2.01. The summed E-state index contributed by atoms with van der Waals surface area (Å²) in [7, 11) is 0. The van der Waals surface area contributed by atoms with Crippen molar-refractivity contribution in [1.29, 1.82) is 0 Å². The molecule has 0 aliphatic carbocycles. The number of hydrogen-bond donors (Lipinski definition) is 2. The summed E-state index contributed by atoms with van der Waals surface area (Å²) < 4.78 is 0. The minimum absolute atomic E-state index is 0.0828. The van der Waals surface area contributed by atoms with Crippen molar-refractivity contribution in [2.24, 2.45) is 0 Å². The van der Waals surface area contributed by atoms with E-state index in [-0.39, 0.29) is 12.6 Å². The van der Waals surface area contributed by atoms with Crippen LogP contribution >= 0.6 is 0 Å². The van der Waals surface area contributed by atoms with Crippen molar-refractivity contribution in [3.8, 4) is 0 Å². The molecule has 1 aromatic carbocycles. The van der Waals surface area contributed by atoms with Crippen LogP contribution in [0.3, 0.4) is 0 Å². The fourth-order valence-corrected chi connectivity index (χ4v) is 2.01. The Balaban J connectivity index is 2.71. The quantitative estimate of drug-likeness (QED) is 0.804. The molecule has 2 amide bonds. The largest absolute Gasteiger partial charge is 0.396 e. The zero-order valence-electron chi connectivity index (χ0n) is 12.8. The lowest BCUT2D eigenvalue weighted by molar-refractivity contribution is 0.201. The molecule has 0 aliphatic heterocycles. The van der Waals surface area contributed by atoms with Crippen molar-refractivity contribution in [2.75, 3.05) is 25.0 Å². The lowest BCUT2D eigenvalue weighted by atomic mass is 10.1. The van der Waals surface area contributed by atoms with Crippen molar-refractivity contribution < 1.29 is 9.90 Å². The first-order valence-electron chi connectivity index (χ1n) is 7.33. The number of benzene rings is 1. The van der Waals surface area contributed by atoms with E-state index in [2.05, 4.69) is 12.2 Å². The summed E-state index contributed by atoms with van der Waals surface area (Å²) in [6.45, 7) is 7.58. The van der Waals surface area contributed by atoms with E-state index in [1.54, 1.807) is 4.90 Å². The van der Waals surface area contributed by atoms with Gasteiger partial charge in [-0.3, -0.25) is 0 Å². The highest BCUT2D eigenvalue weighted by Crippen LogP contribution is 2.18. The van der Waals surface area contributed by atoms with E-state index in [1.807, 2.05) is 32.0 Å². The van der Waals surface area contributed by atoms with Crippen LogP contribution in [0.1, 0.15) is 37.3 Å². The van der Waals surface area contributed by atoms with E-state index < -0.39 is 0 Å². The van der Waals surface area contributed by atoms with Gasteiger partial charge in [-0.1, -0.05) is 25.5 Å². The molecule has 0 atom stereocenters. The average molecular weight is 278 g/mol. The third-order valence-corrected chi connectivity index (χ3v) is 3.50. The monoisotopic (exact) mass is 278 g/mol. The Kier molecular flexibility index (Phi) is 7.09. The molecule has 0 saturated carbocycles. The summed E-state index contributed by atoms with van der Waals surface area (Å²) in [5.74, 6) is 0. The number of nitrogens with one attached hydrogen (secondary N) is 1. The van der Waals surface area contributed by atoms with Crippen LogP contribution in [-0.2, 0) is 0 Å². The van der Waals surface area contributed by atoms with Crippen molar-refractivity contribution in [3.63, 3.8) is 0 Å². The minimum atomic E-state index is -0.0828. The molecule has 1 rings (SSSR count). The number of carbonyl (C=O) groups is 1. The summed E-state index contributed by atoms with van der Waals surface area (Å²) in [5.41, 5.74) is 3.12. The number of nitrogens with zero attached hydrogens (tertiary/aromatic N) is 1. The van der Waals surface area contributed by atoms with E-state index in [0.29, 0.717) is 13.0 Å². The van der Waals surface area contributed by atoms with E-state index in [1.165, 1.54) is 5.56 Å². The van der Waals surface area contributed by atoms with Gasteiger partial charge in [0.1, 0.15) is 0 Å². The first-order valence-corrected chi connectivity index (χ1v) is 7.33. The number of aliphatic hydroxyl groups is 1. The van der Waals surface area contributed by atoms with Crippen molar-refractivity contribution in [2.45, 2.75) is 40.0 Å². The Morgan fingerprint density at radius 1 is 1.25 bits per heavy atom. The maximum absolute atomic E-state index is 12.3. The van der Waals surface area contributed by atoms with Crippen LogP contribution in [0.5, 0.6) is 0 Å². The Morgan fingerprint density at radius 2 is 1.95 bits per heavy atom. The first kappa shape index (κ1) is 16.5. The second-order valence-electron chi connectivity index (χ2n) is 5.10. The molecule has 0 unspecified atom stereocenters. The molecular formula is C16H26N2O2. The SMILES string of the molecule is CCCCN(CCCO)C(=O)Nc1cccc(C)c1C. The highest BCUT2D eigenvalue weighted by molar-refractivity contribution is 5.90. The van der Waals surface area contributed by atoms with Crippen LogP contribution in [0.15, 0.2) is 18.2 Å². The van der Waals surface area contributed by atoms with Crippen LogP contribution in [0, 0.1) is 13.8 Å². The van der Waals surface area contributed by atoms with Crippen LogP contribution in [0.2, 0.25) is 0 Å². The van der Waals surface area contributed by atoms with Gasteiger partial charge in [-0.2, -0.15) is 0 Å². The number of aliphatic hydroxyl groups excluding tert-OH is 1. The van der Waals surface area contributed by atoms with Gasteiger partial charge >= 0.3 is 6.03 Å². The number of urea groups is 1. The number of rotatable bonds is 7. The molecule has 0 aromatic heterocycles. The lowest BCUT2D eigenvalue weighted by Crippen LogP contribution is -2.37. The molecule has 0 bridgehead atoms. The van der Waals surface area contributed by atoms with Crippen LogP contribution in [0.25, 0.3) is 0 Å². The number of aryl methyl sites for hydroxylation is 1. The van der Waals surface area contributed by atoms with Gasteiger partial charge in [0.05, 0.1) is 0 Å². The number of carbonyl (C=O) groups excluding carboxylic acids is 1. The second kappa shape index (κ2) is 8.59. The second-order valence-corrected chi connectivity index (χ2v) is 5.10. The van der Waals surface area contributed by atoms with Crippen molar-refractivity contribution >= 4 is 11.7 Å². The molecule has 0 fully saturated rings. The zero-order chi connectivity index (χ0) is 15.0. The highest BCUT2D eigenvalue weighted by Gasteiger charge is 2.13. The number of hydrogen-bond acceptors (Lipinski definition) is 2. The zero-order valence-corrected chi connectivity index (χ0v) is 12.8. The van der Waals surface area contributed by atoms with Gasteiger partial charge in [0.2, 0.25) is 0 Å². The fraction of sp³-hybridized carbons (Fsp3) is 0.562. The molecule has 4 nitrogen and oxygen atoms in total. The summed E-state index contributed by atoms with van der Waals surface area (Å²) in [6, 6.07) is 5.82. The van der Waals surface area contributed by atoms with Gasteiger partial charge in [-0.15, -0.1) is 0 Å². The Labute approximate surface area is 121 Å². The lowest BCUT2D eigenvalue weighted by Gasteiger charge is -2.23. The van der Waals surface area contributed by atoms with Crippen LogP contribution in [-0.4, -0.2) is 35.7 Å². The molecule has 1 aromatic rings. The molecule has 0 saturated heterocycles. The minimum Gasteiger partial charge on any atom is -0.396 e. The standard InChI is InChI=1S/C16H26N2O2/c1-4-5-10-18(11-7-12-19)16(20)17-15-9-6-8-13(2)14(15)3/h6,8-9,19H,4-5,7,10-12H2,1-3H3,(H,17,20). The summed E-state index contributed by atoms with van der Waals surface area (Å²) in [6.07, 6.45) is 2.64. The van der Waals surface area contributed by atoms with E-state index >= 15 is 0 Å². The van der Waals surface area contributed by atoms with Gasteiger partial charge in [0.15, 0.2) is 0 Å². The predicted molar refractivity (Wildman–Crippen MR) is 83.1 cm³/mol.